The van der Waals surface area contributed by atoms with Crippen LogP contribution in [0, 0.1) is 0 Å². The van der Waals surface area contributed by atoms with Crippen molar-refractivity contribution < 1.29 is 19.2 Å². The van der Waals surface area contributed by atoms with Crippen LogP contribution in [-0.4, -0.2) is 44.6 Å². The van der Waals surface area contributed by atoms with E-state index in [0.29, 0.717) is 41.2 Å². The number of rotatable bonds is 4. The van der Waals surface area contributed by atoms with E-state index in [-0.39, 0.29) is 11.8 Å². The van der Waals surface area contributed by atoms with Gasteiger partial charge in [-0.3, -0.25) is 4.79 Å². The molecule has 1 saturated carbocycles. The van der Waals surface area contributed by atoms with Gasteiger partial charge >= 0.3 is 5.97 Å². The second-order valence-electron chi connectivity index (χ2n) is 7.62. The Morgan fingerprint density at radius 2 is 2.04 bits per heavy atom. The van der Waals surface area contributed by atoms with Crippen molar-refractivity contribution in [3.63, 3.8) is 0 Å². The molecule has 1 unspecified atom stereocenters. The average molecular weight is 357 g/mol. The lowest BCUT2D eigenvalue weighted by Crippen LogP contribution is -2.48. The normalized spacial score (nSPS) is 20.7. The molecule has 1 aliphatic heterocycles. The van der Waals surface area contributed by atoms with Crippen LogP contribution in [-0.2, 0) is 4.79 Å². The van der Waals surface area contributed by atoms with E-state index in [1.165, 1.54) is 4.90 Å². The van der Waals surface area contributed by atoms with E-state index >= 15 is 0 Å². The monoisotopic (exact) mass is 357 g/mol. The van der Waals surface area contributed by atoms with Gasteiger partial charge in [0.1, 0.15) is 6.04 Å². The molecule has 2 aromatic heterocycles. The Hall–Kier alpha value is -2.44. The van der Waals surface area contributed by atoms with E-state index in [1.807, 2.05) is 19.9 Å². The van der Waals surface area contributed by atoms with Crippen LogP contribution >= 0.6 is 0 Å². The number of fused-ring (bicyclic) bond motifs is 1. The number of amides is 1. The van der Waals surface area contributed by atoms with E-state index in [0.717, 1.165) is 31.4 Å². The fourth-order valence-electron chi connectivity index (χ4n) is 3.73. The summed E-state index contributed by atoms with van der Waals surface area (Å²) >= 11 is 0. The molecular weight excluding hydrogens is 334 g/mol. The van der Waals surface area contributed by atoms with Crippen LogP contribution in [0.3, 0.4) is 0 Å². The van der Waals surface area contributed by atoms with Crippen molar-refractivity contribution in [1.82, 2.24) is 15.0 Å². The SMILES string of the molecule is CC(C)c1noc2nc(C3CC3)cc(C(=O)N3CCCCC3C(=O)O)c12. The topological polar surface area (TPSA) is 96.5 Å². The standard InChI is InChI=1S/C19H23N3O4/c1-10(2)16-15-12(9-13(11-6-7-11)20-17(15)26-21-16)18(23)22-8-4-3-5-14(22)19(24)25/h9-11,14H,3-8H2,1-2H3,(H,24,25). The van der Waals surface area contributed by atoms with Crippen LogP contribution in [0.25, 0.3) is 11.1 Å². The molecule has 0 bridgehead atoms. The number of carboxylic acid groups (broad SMARTS) is 1. The number of likely N-dealkylation sites (tertiary alicyclic amines) is 1. The molecule has 4 rings (SSSR count). The fourth-order valence-corrected chi connectivity index (χ4v) is 3.73. The first-order chi connectivity index (χ1) is 12.5. The lowest BCUT2D eigenvalue weighted by atomic mass is 9.97. The summed E-state index contributed by atoms with van der Waals surface area (Å²) in [7, 11) is 0. The van der Waals surface area contributed by atoms with Gasteiger partial charge in [0.15, 0.2) is 0 Å². The van der Waals surface area contributed by atoms with E-state index < -0.39 is 12.0 Å². The molecule has 1 saturated heterocycles. The molecule has 1 N–H and O–H groups in total. The molecule has 0 radical (unpaired) electrons. The molecule has 7 heteroatoms. The molecule has 3 heterocycles. The minimum absolute atomic E-state index is 0.0769. The number of nitrogens with zero attached hydrogens (tertiary/aromatic N) is 3. The van der Waals surface area contributed by atoms with Crippen molar-refractivity contribution in [2.75, 3.05) is 6.54 Å². The van der Waals surface area contributed by atoms with Gasteiger partial charge in [0, 0.05) is 18.2 Å². The van der Waals surface area contributed by atoms with Crippen LogP contribution in [0.4, 0.5) is 0 Å². The van der Waals surface area contributed by atoms with Crippen LogP contribution in [0.1, 0.15) is 79.5 Å². The second-order valence-corrected chi connectivity index (χ2v) is 7.62. The van der Waals surface area contributed by atoms with Crippen molar-refractivity contribution >= 4 is 23.0 Å². The number of aliphatic carboxylic acids is 1. The highest BCUT2D eigenvalue weighted by molar-refractivity contribution is 6.07. The first kappa shape index (κ1) is 17.0. The van der Waals surface area contributed by atoms with Gasteiger partial charge < -0.3 is 14.5 Å². The molecule has 138 valence electrons. The van der Waals surface area contributed by atoms with Crippen molar-refractivity contribution in [1.29, 1.82) is 0 Å². The number of aromatic nitrogens is 2. The van der Waals surface area contributed by atoms with Gasteiger partial charge in [0.25, 0.3) is 11.6 Å². The van der Waals surface area contributed by atoms with E-state index in [9.17, 15) is 14.7 Å². The fraction of sp³-hybridized carbons (Fsp3) is 0.579. The first-order valence-corrected chi connectivity index (χ1v) is 9.31. The Kier molecular flexibility index (Phi) is 4.17. The predicted molar refractivity (Wildman–Crippen MR) is 94.2 cm³/mol. The lowest BCUT2D eigenvalue weighted by Gasteiger charge is -2.33. The summed E-state index contributed by atoms with van der Waals surface area (Å²) in [6, 6.07) is 1.06. The zero-order valence-corrected chi connectivity index (χ0v) is 15.1. The first-order valence-electron chi connectivity index (χ1n) is 9.31. The number of carboxylic acids is 1. The summed E-state index contributed by atoms with van der Waals surface area (Å²) in [6.45, 7) is 4.43. The van der Waals surface area contributed by atoms with Crippen molar-refractivity contribution in [3.8, 4) is 0 Å². The Labute approximate surface area is 151 Å². The summed E-state index contributed by atoms with van der Waals surface area (Å²) in [5, 5.41) is 14.3. The molecule has 2 aromatic rings. The van der Waals surface area contributed by atoms with Gasteiger partial charge in [-0.2, -0.15) is 0 Å². The third-order valence-electron chi connectivity index (χ3n) is 5.31. The highest BCUT2D eigenvalue weighted by Crippen LogP contribution is 2.41. The molecule has 1 atom stereocenters. The van der Waals surface area contributed by atoms with Gasteiger partial charge in [0.05, 0.1) is 16.6 Å². The van der Waals surface area contributed by atoms with Gasteiger partial charge in [-0.15, -0.1) is 0 Å². The zero-order valence-electron chi connectivity index (χ0n) is 15.1. The summed E-state index contributed by atoms with van der Waals surface area (Å²) in [5.41, 5.74) is 2.40. The van der Waals surface area contributed by atoms with Crippen LogP contribution in [0.5, 0.6) is 0 Å². The Morgan fingerprint density at radius 3 is 2.69 bits per heavy atom. The minimum atomic E-state index is -0.944. The molecule has 0 aromatic carbocycles. The minimum Gasteiger partial charge on any atom is -0.480 e. The summed E-state index contributed by atoms with van der Waals surface area (Å²) in [5.74, 6) is -0.764. The third kappa shape index (κ3) is 2.85. The summed E-state index contributed by atoms with van der Waals surface area (Å²) in [6.07, 6.45) is 4.24. The van der Waals surface area contributed by atoms with Gasteiger partial charge in [0.2, 0.25) is 0 Å². The van der Waals surface area contributed by atoms with Gasteiger partial charge in [-0.25, -0.2) is 9.78 Å². The van der Waals surface area contributed by atoms with Crippen LogP contribution in [0.2, 0.25) is 0 Å². The predicted octanol–water partition coefficient (Wildman–Crippen LogP) is 3.30. The molecule has 2 aliphatic rings. The van der Waals surface area contributed by atoms with Crippen molar-refractivity contribution in [3.05, 3.63) is 23.0 Å². The average Bonchev–Trinajstić information content (AvgIpc) is 3.39. The van der Waals surface area contributed by atoms with E-state index in [1.54, 1.807) is 0 Å². The molecule has 1 amide bonds. The number of carbonyl (C=O) groups excluding carboxylic acids is 1. The molecule has 26 heavy (non-hydrogen) atoms. The maximum Gasteiger partial charge on any atom is 0.326 e. The largest absolute Gasteiger partial charge is 0.480 e. The zero-order chi connectivity index (χ0) is 18.4. The molecule has 2 fully saturated rings. The Balaban J connectivity index is 1.84. The molecular formula is C19H23N3O4. The number of hydrogen-bond acceptors (Lipinski definition) is 5. The smallest absolute Gasteiger partial charge is 0.326 e. The van der Waals surface area contributed by atoms with Gasteiger partial charge in [-0.05, 0) is 44.1 Å². The molecule has 7 nitrogen and oxygen atoms in total. The third-order valence-corrected chi connectivity index (χ3v) is 5.31. The van der Waals surface area contributed by atoms with E-state index in [4.69, 9.17) is 4.52 Å². The summed E-state index contributed by atoms with van der Waals surface area (Å²) in [4.78, 5) is 31.1. The van der Waals surface area contributed by atoms with Crippen molar-refractivity contribution in [2.45, 2.75) is 63.8 Å². The molecule has 0 spiro atoms. The summed E-state index contributed by atoms with van der Waals surface area (Å²) < 4.78 is 5.43. The highest BCUT2D eigenvalue weighted by Gasteiger charge is 2.36. The van der Waals surface area contributed by atoms with E-state index in [2.05, 4.69) is 10.1 Å². The molecule has 1 aliphatic carbocycles. The van der Waals surface area contributed by atoms with Gasteiger partial charge in [-0.1, -0.05) is 19.0 Å². The lowest BCUT2D eigenvalue weighted by molar-refractivity contribution is -0.143. The Morgan fingerprint density at radius 1 is 1.27 bits per heavy atom. The number of hydrogen-bond donors (Lipinski definition) is 1. The quantitative estimate of drug-likeness (QED) is 0.902. The Bertz CT molecular complexity index is 869. The maximum atomic E-state index is 13.4. The number of pyridine rings is 1. The second kappa shape index (κ2) is 6.37. The highest BCUT2D eigenvalue weighted by atomic mass is 16.5. The maximum absolute atomic E-state index is 13.4. The van der Waals surface area contributed by atoms with Crippen LogP contribution < -0.4 is 0 Å². The number of piperidine rings is 1. The van der Waals surface area contributed by atoms with Crippen LogP contribution in [0.15, 0.2) is 10.6 Å². The number of carbonyl (C=O) groups is 2. The van der Waals surface area contributed by atoms with Crippen molar-refractivity contribution in [2.24, 2.45) is 0 Å².